The fourth-order valence-electron chi connectivity index (χ4n) is 2.50. The molecule has 2 nitrogen and oxygen atoms in total. The molecule has 0 aromatic carbocycles. The zero-order valence-corrected chi connectivity index (χ0v) is 10.9. The van der Waals surface area contributed by atoms with Gasteiger partial charge in [-0.25, -0.2) is 4.98 Å². The van der Waals surface area contributed by atoms with Gasteiger partial charge in [0.05, 0.1) is 6.04 Å². The van der Waals surface area contributed by atoms with Crippen molar-refractivity contribution in [1.29, 1.82) is 0 Å². The second-order valence-corrected chi connectivity index (χ2v) is 6.66. The average Bonchev–Trinajstić information content (AvgIpc) is 3.14. The summed E-state index contributed by atoms with van der Waals surface area (Å²) in [6.07, 6.45) is 7.76. The number of thiazole rings is 1. The summed E-state index contributed by atoms with van der Waals surface area (Å²) in [6, 6.07) is 1.21. The molecule has 0 aliphatic heterocycles. The minimum Gasteiger partial charge on any atom is -0.305 e. The van der Waals surface area contributed by atoms with Crippen LogP contribution in [0.15, 0.2) is 6.20 Å². The smallest absolute Gasteiger partial charge is 0.109 e. The van der Waals surface area contributed by atoms with Crippen LogP contribution in [-0.2, 0) is 0 Å². The molecule has 1 unspecified atom stereocenters. The molecule has 1 aromatic heterocycles. The number of hydrogen-bond acceptors (Lipinski definition) is 3. The minimum atomic E-state index is 0.435. The van der Waals surface area contributed by atoms with Crippen molar-refractivity contribution in [3.05, 3.63) is 16.1 Å². The summed E-state index contributed by atoms with van der Waals surface area (Å²) in [5.41, 5.74) is 0. The third-order valence-electron chi connectivity index (χ3n) is 3.71. The van der Waals surface area contributed by atoms with Crippen molar-refractivity contribution < 1.29 is 0 Å². The maximum atomic E-state index is 4.48. The molecule has 1 heterocycles. The molecule has 3 heteroatoms. The second kappa shape index (κ2) is 4.11. The van der Waals surface area contributed by atoms with E-state index >= 15 is 0 Å². The van der Waals surface area contributed by atoms with E-state index < -0.39 is 0 Å². The van der Waals surface area contributed by atoms with E-state index in [2.05, 4.69) is 24.1 Å². The Bertz CT molecular complexity index is 354. The van der Waals surface area contributed by atoms with E-state index in [-0.39, 0.29) is 0 Å². The molecule has 0 spiro atoms. The van der Waals surface area contributed by atoms with Gasteiger partial charge in [-0.2, -0.15) is 0 Å². The van der Waals surface area contributed by atoms with Crippen molar-refractivity contribution in [2.45, 2.75) is 51.6 Å². The minimum absolute atomic E-state index is 0.435. The van der Waals surface area contributed by atoms with Gasteiger partial charge in [-0.15, -0.1) is 11.3 Å². The first-order chi connectivity index (χ1) is 7.74. The Morgan fingerprint density at radius 3 is 2.38 bits per heavy atom. The number of hydrogen-bond donors (Lipinski definition) is 1. The predicted octanol–water partition coefficient (Wildman–Crippen LogP) is 3.29. The first-order valence-corrected chi connectivity index (χ1v) is 7.24. The highest BCUT2D eigenvalue weighted by Gasteiger charge is 2.41. The molecule has 16 heavy (non-hydrogen) atoms. The Labute approximate surface area is 101 Å². The Hall–Kier alpha value is -0.410. The second-order valence-electron chi connectivity index (χ2n) is 5.40. The number of nitrogens with zero attached hydrogens (tertiary/aromatic N) is 1. The topological polar surface area (TPSA) is 24.9 Å². The van der Waals surface area contributed by atoms with Crippen molar-refractivity contribution in [3.8, 4) is 0 Å². The van der Waals surface area contributed by atoms with Crippen molar-refractivity contribution >= 4 is 11.3 Å². The fourth-order valence-corrected chi connectivity index (χ4v) is 3.29. The predicted molar refractivity (Wildman–Crippen MR) is 67.6 cm³/mol. The average molecular weight is 236 g/mol. The molecule has 0 radical (unpaired) electrons. The lowest BCUT2D eigenvalue weighted by atomic mass is 10.1. The molecule has 2 aliphatic carbocycles. The fraction of sp³-hybridized carbons (Fsp3) is 0.769. The SMILES string of the molecule is Cc1cnc(C(C)NC(C2CC2)C2CC2)s1. The van der Waals surface area contributed by atoms with Crippen LogP contribution in [0.1, 0.15) is 48.5 Å². The summed E-state index contributed by atoms with van der Waals surface area (Å²) in [4.78, 5) is 5.80. The monoisotopic (exact) mass is 236 g/mol. The summed E-state index contributed by atoms with van der Waals surface area (Å²) in [5, 5.41) is 5.07. The highest BCUT2D eigenvalue weighted by Crippen LogP contribution is 2.45. The molecular formula is C13H20N2S. The van der Waals surface area contributed by atoms with E-state index in [0.717, 1.165) is 17.9 Å². The summed E-state index contributed by atoms with van der Waals surface area (Å²) < 4.78 is 0. The number of aryl methyl sites for hydroxylation is 1. The molecule has 1 atom stereocenters. The van der Waals surface area contributed by atoms with Gasteiger partial charge in [0, 0.05) is 17.1 Å². The summed E-state index contributed by atoms with van der Waals surface area (Å²) >= 11 is 1.83. The largest absolute Gasteiger partial charge is 0.305 e. The van der Waals surface area contributed by atoms with Crippen LogP contribution >= 0.6 is 11.3 Å². The van der Waals surface area contributed by atoms with Crippen molar-refractivity contribution in [2.75, 3.05) is 0 Å². The molecule has 2 aliphatic rings. The molecule has 3 rings (SSSR count). The normalized spacial score (nSPS) is 22.7. The van der Waals surface area contributed by atoms with Crippen molar-refractivity contribution in [1.82, 2.24) is 10.3 Å². The van der Waals surface area contributed by atoms with Crippen LogP contribution in [-0.4, -0.2) is 11.0 Å². The molecule has 0 saturated heterocycles. The summed E-state index contributed by atoms with van der Waals surface area (Å²) in [6.45, 7) is 4.39. The van der Waals surface area contributed by atoms with Gasteiger partial charge in [0.25, 0.3) is 0 Å². The first kappa shape index (κ1) is 10.7. The van der Waals surface area contributed by atoms with Gasteiger partial charge in [0.1, 0.15) is 5.01 Å². The molecule has 0 bridgehead atoms. The third-order valence-corrected chi connectivity index (χ3v) is 4.81. The van der Waals surface area contributed by atoms with E-state index in [1.54, 1.807) is 0 Å². The van der Waals surface area contributed by atoms with Crippen LogP contribution < -0.4 is 5.32 Å². The van der Waals surface area contributed by atoms with E-state index in [1.165, 1.54) is 35.6 Å². The molecular weight excluding hydrogens is 216 g/mol. The summed E-state index contributed by atoms with van der Waals surface area (Å²) in [7, 11) is 0. The summed E-state index contributed by atoms with van der Waals surface area (Å²) in [5.74, 6) is 1.94. The van der Waals surface area contributed by atoms with E-state index in [4.69, 9.17) is 0 Å². The molecule has 1 N–H and O–H groups in total. The quantitative estimate of drug-likeness (QED) is 0.848. The Morgan fingerprint density at radius 2 is 1.94 bits per heavy atom. The standard InChI is InChI=1S/C13H20N2S/c1-8-7-14-13(16-8)9(2)15-12(10-3-4-10)11-5-6-11/h7,9-12,15H,3-6H2,1-2H3. The van der Waals surface area contributed by atoms with Gasteiger partial charge < -0.3 is 5.32 Å². The van der Waals surface area contributed by atoms with E-state index in [1.807, 2.05) is 17.5 Å². The number of aromatic nitrogens is 1. The molecule has 88 valence electrons. The Balaban J connectivity index is 1.63. The number of nitrogens with one attached hydrogen (secondary N) is 1. The van der Waals surface area contributed by atoms with Gasteiger partial charge in [-0.1, -0.05) is 0 Å². The lowest BCUT2D eigenvalue weighted by molar-refractivity contribution is 0.377. The van der Waals surface area contributed by atoms with Crippen LogP contribution in [0.2, 0.25) is 0 Å². The first-order valence-electron chi connectivity index (χ1n) is 6.42. The van der Waals surface area contributed by atoms with E-state index in [9.17, 15) is 0 Å². The zero-order chi connectivity index (χ0) is 11.1. The van der Waals surface area contributed by atoms with Crippen LogP contribution in [0.3, 0.4) is 0 Å². The Morgan fingerprint density at radius 1 is 1.31 bits per heavy atom. The lowest BCUT2D eigenvalue weighted by Gasteiger charge is -2.21. The molecule has 1 aromatic rings. The van der Waals surface area contributed by atoms with Crippen molar-refractivity contribution in [2.24, 2.45) is 11.8 Å². The third kappa shape index (κ3) is 2.30. The maximum Gasteiger partial charge on any atom is 0.109 e. The highest BCUT2D eigenvalue weighted by molar-refractivity contribution is 7.11. The van der Waals surface area contributed by atoms with Gasteiger partial charge in [0.15, 0.2) is 0 Å². The van der Waals surface area contributed by atoms with Gasteiger partial charge in [-0.3, -0.25) is 0 Å². The van der Waals surface area contributed by atoms with Gasteiger partial charge in [-0.05, 0) is 51.4 Å². The maximum absolute atomic E-state index is 4.48. The van der Waals surface area contributed by atoms with Crippen molar-refractivity contribution in [3.63, 3.8) is 0 Å². The Kier molecular flexibility index (Phi) is 2.76. The molecule has 2 saturated carbocycles. The lowest BCUT2D eigenvalue weighted by Crippen LogP contribution is -2.35. The van der Waals surface area contributed by atoms with Crippen LogP contribution in [0.5, 0.6) is 0 Å². The van der Waals surface area contributed by atoms with Gasteiger partial charge in [0.2, 0.25) is 0 Å². The van der Waals surface area contributed by atoms with Crippen LogP contribution in [0, 0.1) is 18.8 Å². The van der Waals surface area contributed by atoms with Gasteiger partial charge >= 0.3 is 0 Å². The molecule has 0 amide bonds. The zero-order valence-electron chi connectivity index (χ0n) is 10.1. The van der Waals surface area contributed by atoms with E-state index in [0.29, 0.717) is 6.04 Å². The molecule has 2 fully saturated rings. The van der Waals surface area contributed by atoms with Crippen LogP contribution in [0.25, 0.3) is 0 Å². The highest BCUT2D eigenvalue weighted by atomic mass is 32.1. The number of rotatable bonds is 5. The van der Waals surface area contributed by atoms with Crippen LogP contribution in [0.4, 0.5) is 0 Å².